The van der Waals surface area contributed by atoms with Crippen molar-refractivity contribution in [2.75, 3.05) is 18.4 Å². The minimum absolute atomic E-state index is 0.0804. The van der Waals surface area contributed by atoms with Crippen LogP contribution in [0.5, 0.6) is 0 Å². The topological polar surface area (TPSA) is 69.8 Å². The predicted molar refractivity (Wildman–Crippen MR) is 71.5 cm³/mol. The molecule has 0 bridgehead atoms. The molecule has 3 N–H and O–H groups in total. The molecule has 1 unspecified atom stereocenters. The summed E-state index contributed by atoms with van der Waals surface area (Å²) >= 11 is 0. The summed E-state index contributed by atoms with van der Waals surface area (Å²) in [6.07, 6.45) is 1.75. The number of anilines is 1. The lowest BCUT2D eigenvalue weighted by Gasteiger charge is -2.24. The number of H-pyrrole nitrogens is 1. The molecule has 1 aliphatic rings. The van der Waals surface area contributed by atoms with E-state index in [0.717, 1.165) is 31.6 Å². The van der Waals surface area contributed by atoms with E-state index < -0.39 is 0 Å². The highest BCUT2D eigenvalue weighted by Crippen LogP contribution is 2.30. The van der Waals surface area contributed by atoms with Gasteiger partial charge in [0, 0.05) is 18.3 Å². The summed E-state index contributed by atoms with van der Waals surface area (Å²) in [6, 6.07) is 1.91. The zero-order valence-electron chi connectivity index (χ0n) is 11.3. The Bertz CT molecular complexity index is 418. The first kappa shape index (κ1) is 13.1. The Morgan fingerprint density at radius 3 is 2.89 bits per heavy atom. The fraction of sp³-hybridized carbons (Fsp3) is 0.692. The van der Waals surface area contributed by atoms with Crippen molar-refractivity contribution < 1.29 is 4.79 Å². The van der Waals surface area contributed by atoms with Gasteiger partial charge in [-0.3, -0.25) is 9.89 Å². The Hall–Kier alpha value is -1.36. The first-order valence-corrected chi connectivity index (χ1v) is 6.65. The zero-order valence-corrected chi connectivity index (χ0v) is 11.3. The van der Waals surface area contributed by atoms with Gasteiger partial charge in [-0.2, -0.15) is 5.10 Å². The summed E-state index contributed by atoms with van der Waals surface area (Å²) in [7, 11) is 0. The maximum atomic E-state index is 12.3. The van der Waals surface area contributed by atoms with E-state index in [1.807, 2.05) is 6.07 Å². The molecule has 0 aromatic carbocycles. The number of carbonyl (C=O) groups is 1. The van der Waals surface area contributed by atoms with Crippen LogP contribution in [0.25, 0.3) is 0 Å². The number of aromatic nitrogens is 2. The molecule has 5 nitrogen and oxygen atoms in total. The Morgan fingerprint density at radius 2 is 2.39 bits per heavy atom. The van der Waals surface area contributed by atoms with E-state index in [4.69, 9.17) is 0 Å². The van der Waals surface area contributed by atoms with E-state index >= 15 is 0 Å². The van der Waals surface area contributed by atoms with Crippen LogP contribution in [-0.2, 0) is 4.79 Å². The second-order valence-electron chi connectivity index (χ2n) is 5.38. The molecular formula is C13H22N4O. The molecule has 18 heavy (non-hydrogen) atoms. The summed E-state index contributed by atoms with van der Waals surface area (Å²) in [4.78, 5) is 12.3. The van der Waals surface area contributed by atoms with Crippen LogP contribution in [0.4, 0.5) is 5.82 Å². The summed E-state index contributed by atoms with van der Waals surface area (Å²) in [5.41, 5.74) is 0.775. The van der Waals surface area contributed by atoms with Crippen molar-refractivity contribution in [3.63, 3.8) is 0 Å². The zero-order chi connectivity index (χ0) is 13.2. The van der Waals surface area contributed by atoms with E-state index in [-0.39, 0.29) is 11.3 Å². The maximum absolute atomic E-state index is 12.3. The number of aromatic amines is 1. The molecule has 0 radical (unpaired) electrons. The van der Waals surface area contributed by atoms with Gasteiger partial charge >= 0.3 is 0 Å². The summed E-state index contributed by atoms with van der Waals surface area (Å²) in [6.45, 7) is 7.92. The molecule has 1 amide bonds. The molecule has 100 valence electrons. The molecule has 1 atom stereocenters. The van der Waals surface area contributed by atoms with Gasteiger partial charge in [-0.1, -0.05) is 20.8 Å². The molecule has 0 saturated carbocycles. The van der Waals surface area contributed by atoms with Crippen molar-refractivity contribution in [3.05, 3.63) is 11.8 Å². The molecule has 1 aromatic heterocycles. The number of carbonyl (C=O) groups excluding carboxylic acids is 1. The normalized spacial score (nSPS) is 23.6. The predicted octanol–water partition coefficient (Wildman–Crippen LogP) is 1.86. The summed E-state index contributed by atoms with van der Waals surface area (Å²) in [5, 5.41) is 13.3. The number of nitrogens with one attached hydrogen (secondary N) is 3. The molecule has 2 rings (SSSR count). The van der Waals surface area contributed by atoms with Crippen molar-refractivity contribution in [2.45, 2.75) is 39.5 Å². The maximum Gasteiger partial charge on any atom is 0.233 e. The Balaban J connectivity index is 2.06. The van der Waals surface area contributed by atoms with E-state index in [1.54, 1.807) is 0 Å². The number of nitrogens with zero attached hydrogens (tertiary/aromatic N) is 1. The first-order valence-electron chi connectivity index (χ1n) is 6.65. The number of rotatable bonds is 4. The molecule has 0 spiro atoms. The van der Waals surface area contributed by atoms with Crippen LogP contribution in [0.3, 0.4) is 0 Å². The molecule has 1 aliphatic heterocycles. The van der Waals surface area contributed by atoms with Gasteiger partial charge < -0.3 is 10.6 Å². The van der Waals surface area contributed by atoms with Crippen LogP contribution in [0, 0.1) is 5.41 Å². The molecular weight excluding hydrogens is 228 g/mol. The molecule has 5 heteroatoms. The van der Waals surface area contributed by atoms with Crippen molar-refractivity contribution in [1.82, 2.24) is 15.5 Å². The lowest BCUT2D eigenvalue weighted by atomic mass is 9.83. The van der Waals surface area contributed by atoms with Gasteiger partial charge in [0.2, 0.25) is 5.91 Å². The third-order valence-corrected chi connectivity index (χ3v) is 3.86. The Kier molecular flexibility index (Phi) is 3.71. The van der Waals surface area contributed by atoms with Crippen LogP contribution in [0.15, 0.2) is 6.07 Å². The lowest BCUT2D eigenvalue weighted by molar-refractivity contribution is -0.124. The fourth-order valence-corrected chi connectivity index (χ4v) is 2.35. The number of hydrogen-bond acceptors (Lipinski definition) is 3. The standard InChI is InChI=1S/C13H22N4O/c1-4-13(5-6-14-8-13)12(18)15-11-7-10(9(2)3)16-17-11/h7,9,14H,4-6,8H2,1-3H3,(H2,15,16,17,18). The Morgan fingerprint density at radius 1 is 1.61 bits per heavy atom. The summed E-state index contributed by atoms with van der Waals surface area (Å²) < 4.78 is 0. The number of hydrogen-bond donors (Lipinski definition) is 3. The van der Waals surface area contributed by atoms with Crippen LogP contribution in [-0.4, -0.2) is 29.2 Å². The van der Waals surface area contributed by atoms with Crippen LogP contribution >= 0.6 is 0 Å². The number of amides is 1. The molecule has 0 aliphatic carbocycles. The van der Waals surface area contributed by atoms with E-state index in [9.17, 15) is 4.79 Å². The van der Waals surface area contributed by atoms with Gasteiger partial charge in [-0.05, 0) is 25.3 Å². The lowest BCUT2D eigenvalue weighted by Crippen LogP contribution is -2.37. The average Bonchev–Trinajstić information content (AvgIpc) is 2.97. The second-order valence-corrected chi connectivity index (χ2v) is 5.38. The van der Waals surface area contributed by atoms with Crippen LogP contribution in [0.2, 0.25) is 0 Å². The van der Waals surface area contributed by atoms with Gasteiger partial charge in [0.15, 0.2) is 5.82 Å². The molecule has 1 aromatic rings. The van der Waals surface area contributed by atoms with E-state index in [1.165, 1.54) is 0 Å². The van der Waals surface area contributed by atoms with Crippen LogP contribution in [0.1, 0.15) is 45.2 Å². The highest BCUT2D eigenvalue weighted by molar-refractivity contribution is 5.95. The van der Waals surface area contributed by atoms with Crippen molar-refractivity contribution >= 4 is 11.7 Å². The SMILES string of the molecule is CCC1(C(=O)Nc2cc(C(C)C)[nH]n2)CCNC1. The molecule has 1 saturated heterocycles. The fourth-order valence-electron chi connectivity index (χ4n) is 2.35. The highest BCUT2D eigenvalue weighted by Gasteiger charge is 2.39. The summed E-state index contributed by atoms with van der Waals surface area (Å²) in [5.74, 6) is 1.09. The minimum Gasteiger partial charge on any atom is -0.316 e. The van der Waals surface area contributed by atoms with Gasteiger partial charge in [0.25, 0.3) is 0 Å². The quantitative estimate of drug-likeness (QED) is 0.764. The average molecular weight is 250 g/mol. The van der Waals surface area contributed by atoms with Crippen LogP contribution < -0.4 is 10.6 Å². The van der Waals surface area contributed by atoms with Crippen molar-refractivity contribution in [2.24, 2.45) is 5.41 Å². The van der Waals surface area contributed by atoms with Crippen molar-refractivity contribution in [1.29, 1.82) is 0 Å². The second kappa shape index (κ2) is 5.10. The van der Waals surface area contributed by atoms with Crippen molar-refractivity contribution in [3.8, 4) is 0 Å². The van der Waals surface area contributed by atoms with Gasteiger partial charge in [0.05, 0.1) is 5.41 Å². The van der Waals surface area contributed by atoms with Gasteiger partial charge in [-0.25, -0.2) is 0 Å². The monoisotopic (exact) mass is 250 g/mol. The van der Waals surface area contributed by atoms with Gasteiger partial charge in [0.1, 0.15) is 0 Å². The minimum atomic E-state index is -0.267. The third kappa shape index (κ3) is 2.41. The largest absolute Gasteiger partial charge is 0.316 e. The van der Waals surface area contributed by atoms with E-state index in [0.29, 0.717) is 11.7 Å². The third-order valence-electron chi connectivity index (χ3n) is 3.86. The smallest absolute Gasteiger partial charge is 0.233 e. The van der Waals surface area contributed by atoms with E-state index in [2.05, 4.69) is 41.6 Å². The molecule has 2 heterocycles. The molecule has 1 fully saturated rings. The van der Waals surface area contributed by atoms with Gasteiger partial charge in [-0.15, -0.1) is 0 Å². The Labute approximate surface area is 108 Å². The first-order chi connectivity index (χ1) is 8.57. The highest BCUT2D eigenvalue weighted by atomic mass is 16.2.